The first-order valence-electron chi connectivity index (χ1n) is 3.67. The van der Waals surface area contributed by atoms with Crippen LogP contribution in [0.25, 0.3) is 0 Å². The maximum absolute atomic E-state index is 13.0. The Labute approximate surface area is 87.2 Å². The van der Waals surface area contributed by atoms with Gasteiger partial charge >= 0.3 is 0 Å². The van der Waals surface area contributed by atoms with Crippen LogP contribution in [0.3, 0.4) is 0 Å². The molecule has 0 aliphatic carbocycles. The van der Waals surface area contributed by atoms with Crippen LogP contribution in [0.2, 0.25) is 0 Å². The first-order valence-corrected chi connectivity index (χ1v) is 4.79. The first kappa shape index (κ1) is 11.3. The van der Waals surface area contributed by atoms with Gasteiger partial charge in [0.25, 0.3) is 6.43 Å². The molecule has 0 aromatic carbocycles. The molecule has 0 radical (unpaired) electrons. The second kappa shape index (κ2) is 4.63. The molecular formula is C8H7BrF3NO. The third kappa shape index (κ3) is 2.17. The van der Waals surface area contributed by atoms with E-state index in [2.05, 4.69) is 25.7 Å². The fraction of sp³-hybridized carbons (Fsp3) is 0.375. The van der Waals surface area contributed by atoms with Gasteiger partial charge < -0.3 is 4.74 Å². The van der Waals surface area contributed by atoms with Crippen LogP contribution < -0.4 is 4.74 Å². The molecule has 0 bridgehead atoms. The number of rotatable bonds is 3. The smallest absolute Gasteiger partial charge is 0.284 e. The van der Waals surface area contributed by atoms with Crippen LogP contribution in [0.4, 0.5) is 13.2 Å². The standard InChI is InChI=1S/C8H7BrF3NO/c1-14-5-2-4(3-9)8(12)13-6(5)7(10)11/h2,7H,3H2,1H3. The predicted octanol–water partition coefficient (Wildman–Crippen LogP) is 3.06. The fourth-order valence-corrected chi connectivity index (χ4v) is 1.33. The number of halogens is 4. The molecule has 0 aliphatic heterocycles. The summed E-state index contributed by atoms with van der Waals surface area (Å²) in [7, 11) is 1.23. The zero-order valence-corrected chi connectivity index (χ0v) is 8.82. The van der Waals surface area contributed by atoms with Crippen molar-refractivity contribution in [2.75, 3.05) is 7.11 Å². The zero-order valence-electron chi connectivity index (χ0n) is 7.23. The zero-order chi connectivity index (χ0) is 10.7. The molecule has 78 valence electrons. The van der Waals surface area contributed by atoms with Crippen LogP contribution in [0, 0.1) is 5.95 Å². The van der Waals surface area contributed by atoms with Gasteiger partial charge in [-0.05, 0) is 6.07 Å². The predicted molar refractivity (Wildman–Crippen MR) is 48.3 cm³/mol. The van der Waals surface area contributed by atoms with Crippen molar-refractivity contribution in [2.24, 2.45) is 0 Å². The highest BCUT2D eigenvalue weighted by Crippen LogP contribution is 2.29. The first-order chi connectivity index (χ1) is 6.60. The van der Waals surface area contributed by atoms with Crippen molar-refractivity contribution in [1.82, 2.24) is 4.98 Å². The Hall–Kier alpha value is -0.780. The highest BCUT2D eigenvalue weighted by Gasteiger charge is 2.19. The summed E-state index contributed by atoms with van der Waals surface area (Å²) in [5, 5.41) is 0.200. The van der Waals surface area contributed by atoms with E-state index < -0.39 is 18.1 Å². The molecule has 6 heteroatoms. The van der Waals surface area contributed by atoms with E-state index in [9.17, 15) is 13.2 Å². The van der Waals surface area contributed by atoms with E-state index in [-0.39, 0.29) is 16.6 Å². The molecule has 0 saturated carbocycles. The Balaban J connectivity index is 3.24. The number of aromatic nitrogens is 1. The second-order valence-corrected chi connectivity index (χ2v) is 3.02. The Morgan fingerprint density at radius 1 is 1.57 bits per heavy atom. The minimum atomic E-state index is -2.84. The molecule has 1 rings (SSSR count). The summed E-state index contributed by atoms with van der Waals surface area (Å²) in [5.41, 5.74) is -0.485. The van der Waals surface area contributed by atoms with E-state index in [4.69, 9.17) is 0 Å². The van der Waals surface area contributed by atoms with E-state index in [0.29, 0.717) is 0 Å². The van der Waals surface area contributed by atoms with Crippen molar-refractivity contribution in [3.8, 4) is 5.75 Å². The van der Waals surface area contributed by atoms with Crippen LogP contribution >= 0.6 is 15.9 Å². The van der Waals surface area contributed by atoms with Crippen molar-refractivity contribution in [1.29, 1.82) is 0 Å². The molecule has 0 N–H and O–H groups in total. The van der Waals surface area contributed by atoms with Crippen molar-refractivity contribution in [2.45, 2.75) is 11.8 Å². The van der Waals surface area contributed by atoms with Gasteiger partial charge in [0.15, 0.2) is 5.69 Å². The Kier molecular flexibility index (Phi) is 3.74. The quantitative estimate of drug-likeness (QED) is 0.622. The monoisotopic (exact) mass is 269 g/mol. The summed E-state index contributed by atoms with van der Waals surface area (Å²) in [4.78, 5) is 3.14. The maximum Gasteiger partial charge on any atom is 0.284 e. The van der Waals surface area contributed by atoms with E-state index >= 15 is 0 Å². The van der Waals surface area contributed by atoms with Gasteiger partial charge in [0.1, 0.15) is 5.75 Å². The molecule has 0 amide bonds. The average Bonchev–Trinajstić information content (AvgIpc) is 2.17. The summed E-state index contributed by atoms with van der Waals surface area (Å²) in [5.74, 6) is -1.01. The Morgan fingerprint density at radius 2 is 2.21 bits per heavy atom. The largest absolute Gasteiger partial charge is 0.495 e. The molecule has 14 heavy (non-hydrogen) atoms. The summed E-state index contributed by atoms with van der Waals surface area (Å²) < 4.78 is 42.3. The highest BCUT2D eigenvalue weighted by molar-refractivity contribution is 9.08. The fourth-order valence-electron chi connectivity index (χ4n) is 0.938. The van der Waals surface area contributed by atoms with Gasteiger partial charge in [-0.25, -0.2) is 13.8 Å². The highest BCUT2D eigenvalue weighted by atomic mass is 79.9. The molecule has 0 atom stereocenters. The topological polar surface area (TPSA) is 22.1 Å². The van der Waals surface area contributed by atoms with Crippen molar-refractivity contribution < 1.29 is 17.9 Å². The number of alkyl halides is 3. The maximum atomic E-state index is 13.0. The minimum absolute atomic E-state index is 0.101. The molecule has 0 spiro atoms. The van der Waals surface area contributed by atoms with Crippen LogP contribution in [-0.2, 0) is 5.33 Å². The van der Waals surface area contributed by atoms with Gasteiger partial charge in [0, 0.05) is 10.9 Å². The minimum Gasteiger partial charge on any atom is -0.495 e. The Morgan fingerprint density at radius 3 is 2.64 bits per heavy atom. The van der Waals surface area contributed by atoms with E-state index in [0.717, 1.165) is 0 Å². The van der Waals surface area contributed by atoms with E-state index in [1.54, 1.807) is 0 Å². The summed E-state index contributed by atoms with van der Waals surface area (Å²) in [6, 6.07) is 1.21. The van der Waals surface area contributed by atoms with Gasteiger partial charge in [-0.15, -0.1) is 0 Å². The molecule has 1 heterocycles. The van der Waals surface area contributed by atoms with Crippen LogP contribution in [0.5, 0.6) is 5.75 Å². The van der Waals surface area contributed by atoms with Gasteiger partial charge in [0.05, 0.1) is 7.11 Å². The van der Waals surface area contributed by atoms with E-state index in [1.807, 2.05) is 0 Å². The number of hydrogen-bond acceptors (Lipinski definition) is 2. The lowest BCUT2D eigenvalue weighted by Crippen LogP contribution is -2.01. The van der Waals surface area contributed by atoms with Gasteiger partial charge in [0.2, 0.25) is 5.95 Å². The number of pyridine rings is 1. The average molecular weight is 270 g/mol. The summed E-state index contributed by atoms with van der Waals surface area (Å²) in [6.07, 6.45) is -2.84. The lowest BCUT2D eigenvalue weighted by atomic mass is 10.2. The number of hydrogen-bond donors (Lipinski definition) is 0. The molecule has 0 fully saturated rings. The SMILES string of the molecule is COc1cc(CBr)c(F)nc1C(F)F. The van der Waals surface area contributed by atoms with Gasteiger partial charge in [-0.3, -0.25) is 0 Å². The summed E-state index contributed by atoms with van der Waals surface area (Å²) >= 11 is 3.01. The molecular weight excluding hydrogens is 263 g/mol. The third-order valence-electron chi connectivity index (χ3n) is 1.61. The normalized spacial score (nSPS) is 10.7. The van der Waals surface area contributed by atoms with Crippen molar-refractivity contribution in [3.63, 3.8) is 0 Å². The molecule has 1 aromatic rings. The van der Waals surface area contributed by atoms with Crippen LogP contribution in [-0.4, -0.2) is 12.1 Å². The van der Waals surface area contributed by atoms with E-state index in [1.165, 1.54) is 13.2 Å². The third-order valence-corrected chi connectivity index (χ3v) is 2.22. The Bertz CT molecular complexity index is 333. The number of methoxy groups -OCH3 is 1. The van der Waals surface area contributed by atoms with Crippen molar-refractivity contribution in [3.05, 3.63) is 23.3 Å². The molecule has 0 unspecified atom stereocenters. The molecule has 0 aliphatic rings. The number of ether oxygens (including phenoxy) is 1. The second-order valence-electron chi connectivity index (χ2n) is 2.46. The van der Waals surface area contributed by atoms with Crippen LogP contribution in [0.15, 0.2) is 6.07 Å². The molecule has 0 saturated heterocycles. The lowest BCUT2D eigenvalue weighted by Gasteiger charge is -2.08. The van der Waals surface area contributed by atoms with Crippen molar-refractivity contribution >= 4 is 15.9 Å². The van der Waals surface area contributed by atoms with Crippen LogP contribution in [0.1, 0.15) is 17.7 Å². The molecule has 1 aromatic heterocycles. The van der Waals surface area contributed by atoms with Gasteiger partial charge in [-0.2, -0.15) is 4.39 Å². The lowest BCUT2D eigenvalue weighted by molar-refractivity contribution is 0.140. The summed E-state index contributed by atoms with van der Waals surface area (Å²) in [6.45, 7) is 0. The van der Waals surface area contributed by atoms with Gasteiger partial charge in [-0.1, -0.05) is 15.9 Å². The number of nitrogens with zero attached hydrogens (tertiary/aromatic N) is 1. The molecule has 2 nitrogen and oxygen atoms in total.